The van der Waals surface area contributed by atoms with Crippen molar-refractivity contribution >= 4 is 11.9 Å². The van der Waals surface area contributed by atoms with Gasteiger partial charge in [0.25, 0.3) is 0 Å². The second-order valence-corrected chi connectivity index (χ2v) is 13.7. The summed E-state index contributed by atoms with van der Waals surface area (Å²) in [6.45, 7) is 4.12. The van der Waals surface area contributed by atoms with Crippen molar-refractivity contribution in [3.05, 3.63) is 24.3 Å². The Hall–Kier alpha value is -1.62. The third-order valence-electron chi connectivity index (χ3n) is 9.00. The van der Waals surface area contributed by atoms with E-state index in [9.17, 15) is 14.7 Å². The van der Waals surface area contributed by atoms with Gasteiger partial charge in [-0.25, -0.2) is 0 Å². The molecule has 0 spiro atoms. The lowest BCUT2D eigenvalue weighted by Gasteiger charge is -2.15. The quantitative estimate of drug-likeness (QED) is 0.0407. The summed E-state index contributed by atoms with van der Waals surface area (Å²) in [6.07, 6.45) is 45.2. The number of unbranched alkanes of at least 4 members (excludes halogenated alkanes) is 25. The second kappa shape index (κ2) is 38.8. The highest BCUT2D eigenvalue weighted by molar-refractivity contribution is 5.70. The van der Waals surface area contributed by atoms with Crippen molar-refractivity contribution in [2.24, 2.45) is 0 Å². The number of ether oxygens (including phenoxy) is 2. The molecule has 5 heteroatoms. The fraction of sp³-hybridized carbons (Fsp3) is 0.857. The fourth-order valence-electron chi connectivity index (χ4n) is 5.88. The number of allylic oxidation sites excluding steroid dienone is 4. The van der Waals surface area contributed by atoms with E-state index in [2.05, 4.69) is 38.2 Å². The maximum absolute atomic E-state index is 12.2. The molecular weight excluding hydrogens is 584 g/mol. The minimum Gasteiger partial charge on any atom is -0.462 e. The van der Waals surface area contributed by atoms with Crippen LogP contribution in [0.5, 0.6) is 0 Å². The van der Waals surface area contributed by atoms with Crippen LogP contribution in [0.15, 0.2) is 24.3 Å². The molecule has 0 aromatic heterocycles. The molecule has 0 amide bonds. The molecule has 0 unspecified atom stereocenters. The van der Waals surface area contributed by atoms with Crippen molar-refractivity contribution in [2.75, 3.05) is 13.2 Å². The van der Waals surface area contributed by atoms with Gasteiger partial charge in [0.15, 0.2) is 6.10 Å². The molecule has 0 rings (SSSR count). The minimum absolute atomic E-state index is 0.0646. The molecule has 1 N–H and O–H groups in total. The zero-order valence-electron chi connectivity index (χ0n) is 31.3. The van der Waals surface area contributed by atoms with E-state index in [1.807, 2.05) is 0 Å². The molecule has 0 aromatic carbocycles. The van der Waals surface area contributed by atoms with Crippen molar-refractivity contribution in [2.45, 2.75) is 219 Å². The lowest BCUT2D eigenvalue weighted by Crippen LogP contribution is -2.28. The van der Waals surface area contributed by atoms with E-state index in [0.29, 0.717) is 12.8 Å². The number of hydrogen-bond acceptors (Lipinski definition) is 5. The van der Waals surface area contributed by atoms with Gasteiger partial charge in [-0.1, -0.05) is 179 Å². The first-order chi connectivity index (χ1) is 23.1. The number of carbonyl (C=O) groups is 2. The Morgan fingerprint density at radius 1 is 0.489 bits per heavy atom. The number of aliphatic hydroxyl groups excluding tert-OH is 1. The first-order valence-corrected chi connectivity index (χ1v) is 20.4. The first-order valence-electron chi connectivity index (χ1n) is 20.4. The number of carbonyl (C=O) groups excluding carboxylic acids is 2. The second-order valence-electron chi connectivity index (χ2n) is 13.7. The van der Waals surface area contributed by atoms with Gasteiger partial charge < -0.3 is 14.6 Å². The van der Waals surface area contributed by atoms with Crippen LogP contribution < -0.4 is 0 Å². The maximum Gasteiger partial charge on any atom is 0.306 e. The SMILES string of the molecule is CCCCC/C=C\C/C=C\CCCCCCCCCC(=O)O[C@@H](CO)COC(=O)CCCCCCCCCCCCCCCCCC. The van der Waals surface area contributed by atoms with Gasteiger partial charge in [0.2, 0.25) is 0 Å². The predicted octanol–water partition coefficient (Wildman–Crippen LogP) is 12.7. The molecule has 0 fully saturated rings. The maximum atomic E-state index is 12.2. The van der Waals surface area contributed by atoms with E-state index in [0.717, 1.165) is 51.4 Å². The zero-order valence-corrected chi connectivity index (χ0v) is 31.3. The van der Waals surface area contributed by atoms with Crippen molar-refractivity contribution in [3.8, 4) is 0 Å². The minimum atomic E-state index is -0.770. The number of aliphatic hydroxyl groups is 1. The zero-order chi connectivity index (χ0) is 34.3. The monoisotopic (exact) mass is 663 g/mol. The summed E-state index contributed by atoms with van der Waals surface area (Å²) < 4.78 is 10.6. The molecule has 0 aliphatic heterocycles. The molecule has 0 aliphatic rings. The third-order valence-corrected chi connectivity index (χ3v) is 9.00. The number of esters is 2. The van der Waals surface area contributed by atoms with Crippen molar-refractivity contribution in [1.82, 2.24) is 0 Å². The standard InChI is InChI=1S/C42H78O5/c1-3-5-7-9-11-13-15-17-19-21-23-25-27-29-31-33-35-37-42(45)47-40(38-43)39-46-41(44)36-34-32-30-28-26-24-22-20-18-16-14-12-10-8-6-4-2/h11,13,17,19,40,43H,3-10,12,14-16,18,20-39H2,1-2H3/b13-11-,19-17-/t40-/m0/s1. The smallest absolute Gasteiger partial charge is 0.306 e. The topological polar surface area (TPSA) is 72.8 Å². The summed E-state index contributed by atoms with van der Waals surface area (Å²) in [6, 6.07) is 0. The normalized spacial score (nSPS) is 12.3. The summed E-state index contributed by atoms with van der Waals surface area (Å²) in [5.74, 6) is -0.591. The molecule has 276 valence electrons. The van der Waals surface area contributed by atoms with Gasteiger partial charge >= 0.3 is 11.9 Å². The molecule has 0 radical (unpaired) electrons. The highest BCUT2D eigenvalue weighted by Crippen LogP contribution is 2.15. The molecule has 0 saturated heterocycles. The van der Waals surface area contributed by atoms with Crippen molar-refractivity contribution < 1.29 is 24.2 Å². The molecule has 0 aromatic rings. The summed E-state index contributed by atoms with van der Waals surface area (Å²) in [5, 5.41) is 9.56. The van der Waals surface area contributed by atoms with Crippen LogP contribution in [0.1, 0.15) is 213 Å². The van der Waals surface area contributed by atoms with Crippen LogP contribution in [-0.2, 0) is 19.1 Å². The van der Waals surface area contributed by atoms with E-state index in [4.69, 9.17) is 9.47 Å². The third kappa shape index (κ3) is 37.1. The molecule has 0 saturated carbocycles. The molecule has 0 bridgehead atoms. The van der Waals surface area contributed by atoms with Crippen LogP contribution >= 0.6 is 0 Å². The summed E-state index contributed by atoms with van der Waals surface area (Å²) >= 11 is 0. The summed E-state index contributed by atoms with van der Waals surface area (Å²) in [4.78, 5) is 24.3. The summed E-state index contributed by atoms with van der Waals surface area (Å²) in [7, 11) is 0. The fourth-order valence-corrected chi connectivity index (χ4v) is 5.88. The van der Waals surface area contributed by atoms with Gasteiger partial charge in [0.05, 0.1) is 6.61 Å². The number of rotatable bonds is 37. The Labute approximate surface area is 292 Å². The van der Waals surface area contributed by atoms with Crippen LogP contribution in [0, 0.1) is 0 Å². The average molecular weight is 663 g/mol. The Morgan fingerprint density at radius 2 is 0.851 bits per heavy atom. The Balaban J connectivity index is 3.53. The van der Waals surface area contributed by atoms with Gasteiger partial charge in [-0.05, 0) is 44.9 Å². The van der Waals surface area contributed by atoms with E-state index in [1.54, 1.807) is 0 Å². The van der Waals surface area contributed by atoms with Crippen molar-refractivity contribution in [3.63, 3.8) is 0 Å². The molecular formula is C42H78O5. The Bertz CT molecular complexity index is 716. The number of hydrogen-bond donors (Lipinski definition) is 1. The molecule has 47 heavy (non-hydrogen) atoms. The van der Waals surface area contributed by atoms with Crippen LogP contribution in [0.4, 0.5) is 0 Å². The van der Waals surface area contributed by atoms with E-state index < -0.39 is 6.10 Å². The van der Waals surface area contributed by atoms with E-state index >= 15 is 0 Å². The first kappa shape index (κ1) is 45.4. The average Bonchev–Trinajstić information content (AvgIpc) is 3.07. The largest absolute Gasteiger partial charge is 0.462 e. The molecule has 0 heterocycles. The van der Waals surface area contributed by atoms with E-state index in [-0.39, 0.29) is 25.2 Å². The molecule has 5 nitrogen and oxygen atoms in total. The predicted molar refractivity (Wildman–Crippen MR) is 201 cm³/mol. The van der Waals surface area contributed by atoms with Gasteiger partial charge in [-0.2, -0.15) is 0 Å². The van der Waals surface area contributed by atoms with Gasteiger partial charge in [-0.3, -0.25) is 9.59 Å². The van der Waals surface area contributed by atoms with Crippen LogP contribution in [0.25, 0.3) is 0 Å². The van der Waals surface area contributed by atoms with E-state index in [1.165, 1.54) is 135 Å². The highest BCUT2D eigenvalue weighted by atomic mass is 16.6. The molecule has 1 atom stereocenters. The van der Waals surface area contributed by atoms with Crippen LogP contribution in [0.3, 0.4) is 0 Å². The molecule has 0 aliphatic carbocycles. The lowest BCUT2D eigenvalue weighted by atomic mass is 10.0. The van der Waals surface area contributed by atoms with Gasteiger partial charge in [0.1, 0.15) is 6.61 Å². The highest BCUT2D eigenvalue weighted by Gasteiger charge is 2.16. The Kier molecular flexibility index (Phi) is 37.5. The summed E-state index contributed by atoms with van der Waals surface area (Å²) in [5.41, 5.74) is 0. The lowest BCUT2D eigenvalue weighted by molar-refractivity contribution is -0.161. The van der Waals surface area contributed by atoms with Crippen LogP contribution in [-0.4, -0.2) is 36.4 Å². The Morgan fingerprint density at radius 3 is 1.30 bits per heavy atom. The van der Waals surface area contributed by atoms with Gasteiger partial charge in [-0.15, -0.1) is 0 Å². The van der Waals surface area contributed by atoms with Crippen molar-refractivity contribution in [1.29, 1.82) is 0 Å². The van der Waals surface area contributed by atoms with Crippen LogP contribution in [0.2, 0.25) is 0 Å². The van der Waals surface area contributed by atoms with Gasteiger partial charge in [0, 0.05) is 12.8 Å².